The van der Waals surface area contributed by atoms with Gasteiger partial charge in [0, 0.05) is 7.05 Å². The van der Waals surface area contributed by atoms with E-state index in [1.165, 1.54) is 4.68 Å². The normalized spacial score (nSPS) is 35.5. The minimum Gasteiger partial charge on any atom is -0.394 e. The van der Waals surface area contributed by atoms with Crippen molar-refractivity contribution >= 4 is 0 Å². The number of aliphatic hydroxyl groups excluding tert-OH is 4. The maximum absolute atomic E-state index is 9.72. The van der Waals surface area contributed by atoms with E-state index in [2.05, 4.69) is 10.3 Å². The van der Waals surface area contributed by atoms with Crippen molar-refractivity contribution in [2.75, 3.05) is 6.61 Å². The summed E-state index contributed by atoms with van der Waals surface area (Å²) in [5, 5.41) is 45.4. The first-order valence-corrected chi connectivity index (χ1v) is 5.80. The number of aryl methyl sites for hydroxylation is 1. The highest BCUT2D eigenvalue weighted by Gasteiger charge is 2.44. The van der Waals surface area contributed by atoms with E-state index in [9.17, 15) is 15.3 Å². The minimum absolute atomic E-state index is 0.0243. The zero-order valence-corrected chi connectivity index (χ0v) is 10.3. The summed E-state index contributed by atoms with van der Waals surface area (Å²) in [5.74, 6) is 0. The lowest BCUT2D eigenvalue weighted by molar-refractivity contribution is -0.304. The predicted molar refractivity (Wildman–Crippen MR) is 59.6 cm³/mol. The number of ether oxygens (including phenoxy) is 2. The van der Waals surface area contributed by atoms with Crippen LogP contribution in [-0.4, -0.2) is 72.7 Å². The smallest absolute Gasteiger partial charge is 0.187 e. The molecule has 0 radical (unpaired) electrons. The molecule has 0 bridgehead atoms. The van der Waals surface area contributed by atoms with E-state index in [0.717, 1.165) is 0 Å². The van der Waals surface area contributed by atoms with Crippen LogP contribution in [0, 0.1) is 0 Å². The number of hydrogen-bond acceptors (Lipinski definition) is 8. The third kappa shape index (κ3) is 3.08. The maximum Gasteiger partial charge on any atom is 0.187 e. The minimum atomic E-state index is -1.45. The van der Waals surface area contributed by atoms with Crippen molar-refractivity contribution < 1.29 is 29.9 Å². The van der Waals surface area contributed by atoms with Crippen LogP contribution >= 0.6 is 0 Å². The molecule has 1 aliphatic rings. The van der Waals surface area contributed by atoms with Crippen LogP contribution in [-0.2, 0) is 23.1 Å². The monoisotopic (exact) mass is 275 g/mol. The fourth-order valence-electron chi connectivity index (χ4n) is 1.83. The molecule has 1 aromatic rings. The third-order valence-electron chi connectivity index (χ3n) is 2.89. The van der Waals surface area contributed by atoms with Crippen LogP contribution in [0.5, 0.6) is 0 Å². The molecule has 108 valence electrons. The number of aliphatic hydroxyl groups is 4. The van der Waals surface area contributed by atoms with Crippen molar-refractivity contribution in [3.8, 4) is 0 Å². The molecule has 1 aromatic heterocycles. The van der Waals surface area contributed by atoms with E-state index < -0.39 is 37.3 Å². The van der Waals surface area contributed by atoms with Gasteiger partial charge < -0.3 is 29.9 Å². The molecule has 4 N–H and O–H groups in total. The second-order valence-electron chi connectivity index (χ2n) is 4.39. The third-order valence-corrected chi connectivity index (χ3v) is 2.89. The Morgan fingerprint density at radius 3 is 2.63 bits per heavy atom. The summed E-state index contributed by atoms with van der Waals surface area (Å²) < 4.78 is 11.9. The highest BCUT2D eigenvalue weighted by molar-refractivity contribution is 4.91. The van der Waals surface area contributed by atoms with Gasteiger partial charge in [-0.25, -0.2) is 0 Å². The maximum atomic E-state index is 9.72. The molecule has 0 aliphatic carbocycles. The Balaban J connectivity index is 1.95. The molecule has 0 saturated carbocycles. The van der Waals surface area contributed by atoms with Gasteiger partial charge in [0.15, 0.2) is 6.29 Å². The molecule has 0 amide bonds. The lowest BCUT2D eigenvalue weighted by atomic mass is 9.99. The van der Waals surface area contributed by atoms with Crippen LogP contribution in [0.4, 0.5) is 0 Å². The predicted octanol–water partition coefficient (Wildman–Crippen LogP) is -2.87. The first kappa shape index (κ1) is 14.3. The molecule has 1 saturated heterocycles. The van der Waals surface area contributed by atoms with Crippen molar-refractivity contribution in [2.45, 2.75) is 37.3 Å². The Kier molecular flexibility index (Phi) is 4.45. The molecule has 2 rings (SSSR count). The summed E-state index contributed by atoms with van der Waals surface area (Å²) in [5.41, 5.74) is 0.527. The van der Waals surface area contributed by atoms with Crippen LogP contribution in [0.3, 0.4) is 0 Å². The van der Waals surface area contributed by atoms with Crippen LogP contribution in [0.15, 0.2) is 6.20 Å². The average molecular weight is 275 g/mol. The van der Waals surface area contributed by atoms with Gasteiger partial charge in [0.25, 0.3) is 0 Å². The number of nitrogens with zero attached hydrogens (tertiary/aromatic N) is 3. The zero-order valence-electron chi connectivity index (χ0n) is 10.3. The van der Waals surface area contributed by atoms with E-state index >= 15 is 0 Å². The molecule has 9 heteroatoms. The molecule has 5 atom stereocenters. The van der Waals surface area contributed by atoms with E-state index in [0.29, 0.717) is 5.69 Å². The Labute approximate surface area is 109 Å². The second kappa shape index (κ2) is 5.90. The Bertz CT molecular complexity index is 412. The molecule has 2 unspecified atom stereocenters. The topological polar surface area (TPSA) is 130 Å². The van der Waals surface area contributed by atoms with Crippen molar-refractivity contribution in [2.24, 2.45) is 7.05 Å². The average Bonchev–Trinajstić information content (AvgIpc) is 2.81. The number of aromatic nitrogens is 3. The second-order valence-corrected chi connectivity index (χ2v) is 4.39. The largest absolute Gasteiger partial charge is 0.394 e. The SMILES string of the molecule is Cn1cc(CO[C@H]2OC(CO)[C@@H](O)[C@H](O)C2O)nn1. The van der Waals surface area contributed by atoms with E-state index in [-0.39, 0.29) is 6.61 Å². The van der Waals surface area contributed by atoms with Gasteiger partial charge in [0.1, 0.15) is 30.1 Å². The number of hydrogen-bond donors (Lipinski definition) is 4. The molecule has 1 fully saturated rings. The van der Waals surface area contributed by atoms with E-state index in [1.807, 2.05) is 0 Å². The molecular weight excluding hydrogens is 258 g/mol. The van der Waals surface area contributed by atoms with Gasteiger partial charge in [-0.2, -0.15) is 0 Å². The van der Waals surface area contributed by atoms with Gasteiger partial charge in [-0.15, -0.1) is 5.10 Å². The van der Waals surface area contributed by atoms with Crippen molar-refractivity contribution in [3.05, 3.63) is 11.9 Å². The van der Waals surface area contributed by atoms with Gasteiger partial charge in [0.05, 0.1) is 19.4 Å². The van der Waals surface area contributed by atoms with Crippen LogP contribution < -0.4 is 0 Å². The summed E-state index contributed by atoms with van der Waals surface area (Å²) in [7, 11) is 1.70. The van der Waals surface area contributed by atoms with Crippen LogP contribution in [0.25, 0.3) is 0 Å². The van der Waals surface area contributed by atoms with E-state index in [1.54, 1.807) is 13.2 Å². The summed E-state index contributed by atoms with van der Waals surface area (Å²) in [6, 6.07) is 0. The zero-order chi connectivity index (χ0) is 14.0. The molecule has 19 heavy (non-hydrogen) atoms. The van der Waals surface area contributed by atoms with Crippen molar-refractivity contribution in [1.29, 1.82) is 0 Å². The summed E-state index contributed by atoms with van der Waals surface area (Å²) >= 11 is 0. The standard InChI is InChI=1S/C10H17N3O6/c1-13-2-5(11-12-13)4-18-10-9(17)8(16)7(15)6(3-14)19-10/h2,6-10,14-17H,3-4H2,1H3/t6?,7-,8+,9?,10+/m1/s1. The van der Waals surface area contributed by atoms with E-state index in [4.69, 9.17) is 14.6 Å². The summed E-state index contributed by atoms with van der Waals surface area (Å²) in [6.07, 6.45) is -4.75. The van der Waals surface area contributed by atoms with Gasteiger partial charge in [-0.05, 0) is 0 Å². The van der Waals surface area contributed by atoms with Crippen LogP contribution in [0.2, 0.25) is 0 Å². The van der Waals surface area contributed by atoms with Gasteiger partial charge in [0.2, 0.25) is 0 Å². The molecule has 0 spiro atoms. The number of rotatable bonds is 4. The molecule has 9 nitrogen and oxygen atoms in total. The fourth-order valence-corrected chi connectivity index (χ4v) is 1.83. The highest BCUT2D eigenvalue weighted by atomic mass is 16.7. The Morgan fingerprint density at radius 2 is 2.05 bits per heavy atom. The lowest BCUT2D eigenvalue weighted by Crippen LogP contribution is -2.59. The summed E-state index contributed by atoms with van der Waals surface area (Å²) in [4.78, 5) is 0. The first-order chi connectivity index (χ1) is 9.02. The quantitative estimate of drug-likeness (QED) is 0.461. The molecular formula is C10H17N3O6. The van der Waals surface area contributed by atoms with Gasteiger partial charge in [-0.3, -0.25) is 4.68 Å². The fraction of sp³-hybridized carbons (Fsp3) is 0.800. The summed E-state index contributed by atoms with van der Waals surface area (Å²) in [6.45, 7) is -0.466. The van der Waals surface area contributed by atoms with Crippen LogP contribution in [0.1, 0.15) is 5.69 Å². The lowest BCUT2D eigenvalue weighted by Gasteiger charge is -2.39. The molecule has 2 heterocycles. The Hall–Kier alpha value is -1.10. The molecule has 1 aliphatic heterocycles. The van der Waals surface area contributed by atoms with Gasteiger partial charge in [-0.1, -0.05) is 5.21 Å². The first-order valence-electron chi connectivity index (χ1n) is 5.80. The highest BCUT2D eigenvalue weighted by Crippen LogP contribution is 2.22. The van der Waals surface area contributed by atoms with Crippen molar-refractivity contribution in [3.63, 3.8) is 0 Å². The van der Waals surface area contributed by atoms with Crippen molar-refractivity contribution in [1.82, 2.24) is 15.0 Å². The molecule has 0 aromatic carbocycles. The van der Waals surface area contributed by atoms with Gasteiger partial charge >= 0.3 is 0 Å². The Morgan fingerprint density at radius 1 is 1.32 bits per heavy atom.